The molecule has 31 heavy (non-hydrogen) atoms. The van der Waals surface area contributed by atoms with E-state index in [2.05, 4.69) is 10.2 Å². The number of aryl methyl sites for hydroxylation is 1. The zero-order valence-electron chi connectivity index (χ0n) is 17.8. The molecule has 164 valence electrons. The first-order valence-corrected chi connectivity index (χ1v) is 10.5. The van der Waals surface area contributed by atoms with Crippen LogP contribution < -0.4 is 14.2 Å². The molecule has 3 aromatic rings. The number of nitro groups is 1. The van der Waals surface area contributed by atoms with Crippen LogP contribution in [0.25, 0.3) is 5.69 Å². The Bertz CT molecular complexity index is 1040. The quantitative estimate of drug-likeness (QED) is 0.262. The van der Waals surface area contributed by atoms with Gasteiger partial charge in [0, 0.05) is 10.6 Å². The highest BCUT2D eigenvalue weighted by Crippen LogP contribution is 2.39. The first-order chi connectivity index (χ1) is 15.0. The normalized spacial score (nSPS) is 11.7. The van der Waals surface area contributed by atoms with Crippen LogP contribution in [-0.4, -0.2) is 47.1 Å². The van der Waals surface area contributed by atoms with E-state index < -0.39 is 5.25 Å². The smallest absolute Gasteiger partial charge is 0.220 e. The molecule has 9 nitrogen and oxygen atoms in total. The van der Waals surface area contributed by atoms with Gasteiger partial charge in [0.15, 0.2) is 16.7 Å². The predicted octanol–water partition coefficient (Wildman–Crippen LogP) is 4.10. The lowest BCUT2D eigenvalue weighted by Crippen LogP contribution is -2.11. The van der Waals surface area contributed by atoms with Crippen molar-refractivity contribution in [2.75, 3.05) is 27.4 Å². The minimum atomic E-state index is -0.500. The minimum Gasteiger partial charge on any atom is -0.494 e. The molecule has 0 N–H and O–H groups in total. The summed E-state index contributed by atoms with van der Waals surface area (Å²) in [6.45, 7) is 4.07. The number of ether oxygens (including phenoxy) is 3. The molecule has 0 unspecified atom stereocenters. The Morgan fingerprint density at radius 2 is 1.81 bits per heavy atom. The number of hydrogen-bond donors (Lipinski definition) is 0. The van der Waals surface area contributed by atoms with Crippen LogP contribution >= 0.6 is 11.8 Å². The molecule has 1 atom stereocenters. The second kappa shape index (κ2) is 10.2. The fourth-order valence-electron chi connectivity index (χ4n) is 3.10. The third kappa shape index (κ3) is 5.26. The number of rotatable bonds is 10. The minimum absolute atomic E-state index is 0.282. The van der Waals surface area contributed by atoms with Crippen molar-refractivity contribution in [2.24, 2.45) is 0 Å². The monoisotopic (exact) mass is 444 g/mol. The van der Waals surface area contributed by atoms with Crippen LogP contribution in [0.2, 0.25) is 0 Å². The summed E-state index contributed by atoms with van der Waals surface area (Å²) in [4.78, 5) is 11.1. The molecule has 2 aromatic carbocycles. The Labute approximate surface area is 184 Å². The summed E-state index contributed by atoms with van der Waals surface area (Å²) in [7, 11) is 3.08. The Morgan fingerprint density at radius 1 is 1.10 bits per heavy atom. The highest BCUT2D eigenvalue weighted by atomic mass is 32.2. The van der Waals surface area contributed by atoms with Gasteiger partial charge in [0.05, 0.1) is 20.8 Å². The molecule has 1 aromatic heterocycles. The van der Waals surface area contributed by atoms with Crippen LogP contribution in [0.5, 0.6) is 17.2 Å². The highest BCUT2D eigenvalue weighted by Gasteiger charge is 2.25. The Hall–Kier alpha value is -3.27. The zero-order chi connectivity index (χ0) is 22.4. The molecule has 10 heteroatoms. The maximum Gasteiger partial charge on any atom is 0.220 e. The molecule has 0 fully saturated rings. The predicted molar refractivity (Wildman–Crippen MR) is 117 cm³/mol. The van der Waals surface area contributed by atoms with Crippen LogP contribution in [0.1, 0.15) is 23.6 Å². The van der Waals surface area contributed by atoms with Crippen LogP contribution in [0.15, 0.2) is 47.6 Å². The second-order valence-electron chi connectivity index (χ2n) is 6.53. The Balaban J connectivity index is 1.95. The summed E-state index contributed by atoms with van der Waals surface area (Å²) in [5, 5.41) is 19.9. The molecule has 0 radical (unpaired) electrons. The molecule has 0 saturated carbocycles. The van der Waals surface area contributed by atoms with E-state index in [0.29, 0.717) is 29.1 Å². The molecule has 0 aliphatic rings. The van der Waals surface area contributed by atoms with Gasteiger partial charge in [-0.1, -0.05) is 17.8 Å². The van der Waals surface area contributed by atoms with E-state index in [9.17, 15) is 10.1 Å². The molecular weight excluding hydrogens is 420 g/mol. The van der Waals surface area contributed by atoms with Gasteiger partial charge in [-0.15, -0.1) is 10.2 Å². The van der Waals surface area contributed by atoms with Crippen LogP contribution in [0.4, 0.5) is 0 Å². The molecule has 3 rings (SSSR count). The summed E-state index contributed by atoms with van der Waals surface area (Å²) in [5.74, 6) is 2.52. The van der Waals surface area contributed by atoms with Crippen LogP contribution in [-0.2, 0) is 0 Å². The number of hydrogen-bond acceptors (Lipinski definition) is 8. The molecular formula is C21H24N4O5S. The zero-order valence-corrected chi connectivity index (χ0v) is 18.6. The van der Waals surface area contributed by atoms with E-state index in [4.69, 9.17) is 14.2 Å². The fourth-order valence-corrected chi connectivity index (χ4v) is 4.27. The molecule has 0 saturated heterocycles. The molecule has 0 aliphatic carbocycles. The first kappa shape index (κ1) is 22.4. The van der Waals surface area contributed by atoms with E-state index in [1.54, 1.807) is 25.3 Å². The average Bonchev–Trinajstić information content (AvgIpc) is 3.13. The van der Waals surface area contributed by atoms with Gasteiger partial charge in [0.2, 0.25) is 6.54 Å². The van der Waals surface area contributed by atoms with Gasteiger partial charge in [-0.3, -0.25) is 14.7 Å². The standard InChI is InChI=1S/C21H24N4O5S/c1-5-30-17-9-7-16(8-10-17)25-14(2)22-23-21(25)31-20(13-24(26)27)15-6-11-18(28-3)19(12-15)29-4/h6-12,20H,5,13H2,1-4H3/t20-/m0/s1. The van der Waals surface area contributed by atoms with Crippen molar-refractivity contribution in [1.29, 1.82) is 0 Å². The van der Waals surface area contributed by atoms with Gasteiger partial charge in [-0.05, 0) is 55.8 Å². The summed E-state index contributed by atoms with van der Waals surface area (Å²) in [6.07, 6.45) is 0. The lowest BCUT2D eigenvalue weighted by atomic mass is 10.1. The summed E-state index contributed by atoms with van der Waals surface area (Å²) >= 11 is 1.28. The van der Waals surface area contributed by atoms with Crippen molar-refractivity contribution in [1.82, 2.24) is 14.8 Å². The van der Waals surface area contributed by atoms with E-state index >= 15 is 0 Å². The van der Waals surface area contributed by atoms with E-state index in [1.165, 1.54) is 18.9 Å². The topological polar surface area (TPSA) is 102 Å². The van der Waals surface area contributed by atoms with Crippen molar-refractivity contribution in [2.45, 2.75) is 24.3 Å². The number of methoxy groups -OCH3 is 2. The fraction of sp³-hybridized carbons (Fsp3) is 0.333. The van der Waals surface area contributed by atoms with Gasteiger partial charge in [-0.2, -0.15) is 0 Å². The van der Waals surface area contributed by atoms with E-state index in [0.717, 1.165) is 17.0 Å². The summed E-state index contributed by atoms with van der Waals surface area (Å²) in [5.41, 5.74) is 1.58. The van der Waals surface area contributed by atoms with Crippen molar-refractivity contribution >= 4 is 11.8 Å². The molecule has 0 amide bonds. The molecule has 0 spiro atoms. The number of aromatic nitrogens is 3. The van der Waals surface area contributed by atoms with Crippen molar-refractivity contribution in [3.63, 3.8) is 0 Å². The van der Waals surface area contributed by atoms with Crippen LogP contribution in [0.3, 0.4) is 0 Å². The largest absolute Gasteiger partial charge is 0.494 e. The third-order valence-corrected chi connectivity index (χ3v) is 5.72. The lowest BCUT2D eigenvalue weighted by molar-refractivity contribution is -0.479. The number of nitrogens with zero attached hydrogens (tertiary/aromatic N) is 4. The van der Waals surface area contributed by atoms with E-state index in [1.807, 2.05) is 42.7 Å². The lowest BCUT2D eigenvalue weighted by Gasteiger charge is -2.16. The number of benzene rings is 2. The van der Waals surface area contributed by atoms with Gasteiger partial charge in [-0.25, -0.2) is 0 Å². The maximum absolute atomic E-state index is 11.4. The van der Waals surface area contributed by atoms with Crippen molar-refractivity contribution < 1.29 is 19.1 Å². The van der Waals surface area contributed by atoms with Crippen molar-refractivity contribution in [3.05, 3.63) is 64.0 Å². The van der Waals surface area contributed by atoms with Crippen molar-refractivity contribution in [3.8, 4) is 22.9 Å². The number of thioether (sulfide) groups is 1. The van der Waals surface area contributed by atoms with Gasteiger partial charge >= 0.3 is 0 Å². The second-order valence-corrected chi connectivity index (χ2v) is 7.70. The molecule has 0 aliphatic heterocycles. The van der Waals surface area contributed by atoms with Crippen LogP contribution in [0, 0.1) is 17.0 Å². The first-order valence-electron chi connectivity index (χ1n) is 9.62. The molecule has 1 heterocycles. The maximum atomic E-state index is 11.4. The SMILES string of the molecule is CCOc1ccc(-n2c(C)nnc2S[C@@H](C[N+](=O)[O-])c2ccc(OC)c(OC)c2)cc1. The van der Waals surface area contributed by atoms with Gasteiger partial charge < -0.3 is 14.2 Å². The third-order valence-electron chi connectivity index (χ3n) is 4.54. The van der Waals surface area contributed by atoms with Gasteiger partial charge in [0.25, 0.3) is 0 Å². The van der Waals surface area contributed by atoms with Gasteiger partial charge in [0.1, 0.15) is 16.8 Å². The average molecular weight is 445 g/mol. The highest BCUT2D eigenvalue weighted by molar-refractivity contribution is 7.99. The Morgan fingerprint density at radius 3 is 2.42 bits per heavy atom. The Kier molecular flexibility index (Phi) is 7.35. The summed E-state index contributed by atoms with van der Waals surface area (Å²) in [6, 6.07) is 12.8. The summed E-state index contributed by atoms with van der Waals surface area (Å²) < 4.78 is 18.0. The van der Waals surface area contributed by atoms with E-state index in [-0.39, 0.29) is 11.5 Å². The molecule has 0 bridgehead atoms.